The normalized spacial score (nSPS) is 28.1. The molecule has 2 aromatic rings. The fraction of sp³-hybridized carbons (Fsp3) is 0.476. The number of fused-ring (bicyclic) bond motifs is 1. The van der Waals surface area contributed by atoms with Crippen LogP contribution in [0, 0.1) is 0 Å². The van der Waals surface area contributed by atoms with Crippen LogP contribution in [0.4, 0.5) is 0 Å². The van der Waals surface area contributed by atoms with Crippen LogP contribution in [0.25, 0.3) is 0 Å². The Morgan fingerprint density at radius 3 is 2.71 bits per heavy atom. The minimum absolute atomic E-state index is 0.562. The van der Waals surface area contributed by atoms with Gasteiger partial charge in [0.15, 0.2) is 0 Å². The largest absolute Gasteiger partial charge is 0.312 e. The maximum Gasteiger partial charge on any atom is 0.0544 e. The molecule has 1 aromatic carbocycles. The Labute approximate surface area is 145 Å². The molecule has 0 saturated carbocycles. The quantitative estimate of drug-likeness (QED) is 0.936. The van der Waals surface area contributed by atoms with Gasteiger partial charge in [0.2, 0.25) is 0 Å². The molecule has 0 unspecified atom stereocenters. The molecule has 2 aliphatic rings. The summed E-state index contributed by atoms with van der Waals surface area (Å²) in [5.41, 5.74) is 2.69. The van der Waals surface area contributed by atoms with Crippen molar-refractivity contribution in [3.05, 3.63) is 66.0 Å². The van der Waals surface area contributed by atoms with E-state index in [1.165, 1.54) is 43.5 Å². The smallest absolute Gasteiger partial charge is 0.0544 e. The van der Waals surface area contributed by atoms with Crippen molar-refractivity contribution in [1.82, 2.24) is 15.2 Å². The third-order valence-corrected chi connectivity index (χ3v) is 5.67. The van der Waals surface area contributed by atoms with Gasteiger partial charge in [-0.2, -0.15) is 0 Å². The summed E-state index contributed by atoms with van der Waals surface area (Å²) in [5, 5.41) is 3.89. The van der Waals surface area contributed by atoms with Gasteiger partial charge in [0, 0.05) is 30.7 Å². The topological polar surface area (TPSA) is 28.2 Å². The van der Waals surface area contributed by atoms with E-state index in [4.69, 9.17) is 0 Å². The highest BCUT2D eigenvalue weighted by atomic mass is 15.2. The number of benzene rings is 1. The van der Waals surface area contributed by atoms with Gasteiger partial charge in [0.25, 0.3) is 0 Å². The summed E-state index contributed by atoms with van der Waals surface area (Å²) in [6.45, 7) is 3.30. The molecule has 0 spiro atoms. The number of rotatable bonds is 3. The van der Waals surface area contributed by atoms with Crippen LogP contribution in [0.15, 0.2) is 54.7 Å². The summed E-state index contributed by atoms with van der Waals surface area (Å²) in [5.74, 6) is 0.634. The van der Waals surface area contributed by atoms with Crippen LogP contribution in [0.3, 0.4) is 0 Å². The molecule has 2 saturated heterocycles. The molecule has 1 aromatic heterocycles. The van der Waals surface area contributed by atoms with Gasteiger partial charge in [-0.15, -0.1) is 0 Å². The van der Waals surface area contributed by atoms with E-state index < -0.39 is 0 Å². The van der Waals surface area contributed by atoms with E-state index in [-0.39, 0.29) is 0 Å². The predicted octanol–water partition coefficient (Wildman–Crippen LogP) is 3.58. The third kappa shape index (κ3) is 3.38. The number of piperidine rings is 1. The molecule has 2 fully saturated rings. The van der Waals surface area contributed by atoms with E-state index in [2.05, 4.69) is 57.7 Å². The van der Waals surface area contributed by atoms with Crippen molar-refractivity contribution >= 4 is 0 Å². The fourth-order valence-electron chi connectivity index (χ4n) is 4.50. The lowest BCUT2D eigenvalue weighted by molar-refractivity contribution is 0.0880. The van der Waals surface area contributed by atoms with Crippen molar-refractivity contribution in [3.8, 4) is 0 Å². The van der Waals surface area contributed by atoms with Crippen LogP contribution in [0.2, 0.25) is 0 Å². The van der Waals surface area contributed by atoms with Gasteiger partial charge in [-0.25, -0.2) is 0 Å². The molecular formula is C21H27N3. The molecule has 2 aliphatic heterocycles. The van der Waals surface area contributed by atoms with E-state index in [1.807, 2.05) is 12.3 Å². The minimum Gasteiger partial charge on any atom is -0.312 e. The Balaban J connectivity index is 1.57. The molecule has 3 heterocycles. The molecule has 0 bridgehead atoms. The summed E-state index contributed by atoms with van der Waals surface area (Å²) in [6, 6.07) is 18.5. The Bertz CT molecular complexity index is 628. The van der Waals surface area contributed by atoms with Gasteiger partial charge in [-0.3, -0.25) is 9.88 Å². The van der Waals surface area contributed by atoms with Crippen LogP contribution >= 0.6 is 0 Å². The van der Waals surface area contributed by atoms with Crippen molar-refractivity contribution < 1.29 is 0 Å². The molecule has 1 N–H and O–H groups in total. The first kappa shape index (κ1) is 15.8. The van der Waals surface area contributed by atoms with Gasteiger partial charge in [-0.05, 0) is 50.0 Å². The molecule has 3 atom stereocenters. The first-order chi connectivity index (χ1) is 11.9. The number of pyridine rings is 1. The number of likely N-dealkylation sites (tertiary alicyclic amines) is 1. The molecular weight excluding hydrogens is 294 g/mol. The fourth-order valence-corrected chi connectivity index (χ4v) is 4.50. The molecule has 4 rings (SSSR count). The van der Waals surface area contributed by atoms with Crippen LogP contribution < -0.4 is 5.32 Å². The number of hydrogen-bond donors (Lipinski definition) is 1. The van der Waals surface area contributed by atoms with E-state index >= 15 is 0 Å². The monoisotopic (exact) mass is 321 g/mol. The SMILES string of the molecule is c1ccc([C@H]2CCN(Cc3ccccn3)[C@@H]3CCCCN[C@H]23)cc1. The molecule has 3 heteroatoms. The Morgan fingerprint density at radius 2 is 1.88 bits per heavy atom. The second kappa shape index (κ2) is 7.45. The standard InChI is InChI=1S/C21H27N3/c1-2-8-17(9-3-1)19-12-15-24(16-18-10-4-6-13-22-18)20-11-5-7-14-23-21(19)20/h1-4,6,8-10,13,19-21,23H,5,7,11-12,14-16H2/t19-,20-,21-/m1/s1. The van der Waals surface area contributed by atoms with Crippen molar-refractivity contribution in [3.63, 3.8) is 0 Å². The number of nitrogens with zero attached hydrogens (tertiary/aromatic N) is 2. The van der Waals surface area contributed by atoms with E-state index in [0.29, 0.717) is 18.0 Å². The molecule has 24 heavy (non-hydrogen) atoms. The summed E-state index contributed by atoms with van der Waals surface area (Å²) in [7, 11) is 0. The second-order valence-electron chi connectivity index (χ2n) is 7.14. The van der Waals surface area contributed by atoms with E-state index in [1.54, 1.807) is 0 Å². The van der Waals surface area contributed by atoms with Gasteiger partial charge in [0.05, 0.1) is 5.69 Å². The van der Waals surface area contributed by atoms with Gasteiger partial charge < -0.3 is 5.32 Å². The zero-order chi connectivity index (χ0) is 16.2. The highest BCUT2D eigenvalue weighted by molar-refractivity contribution is 5.24. The van der Waals surface area contributed by atoms with Crippen LogP contribution in [-0.4, -0.2) is 35.1 Å². The average molecular weight is 321 g/mol. The highest BCUT2D eigenvalue weighted by Gasteiger charge is 2.38. The molecule has 126 valence electrons. The minimum atomic E-state index is 0.562. The van der Waals surface area contributed by atoms with E-state index in [9.17, 15) is 0 Å². The highest BCUT2D eigenvalue weighted by Crippen LogP contribution is 2.35. The third-order valence-electron chi connectivity index (χ3n) is 5.67. The number of hydrogen-bond acceptors (Lipinski definition) is 3. The van der Waals surface area contributed by atoms with Crippen LogP contribution in [-0.2, 0) is 6.54 Å². The van der Waals surface area contributed by atoms with Crippen LogP contribution in [0.1, 0.15) is 42.9 Å². The summed E-state index contributed by atoms with van der Waals surface area (Å²) < 4.78 is 0. The number of nitrogens with one attached hydrogen (secondary N) is 1. The molecule has 0 amide bonds. The predicted molar refractivity (Wildman–Crippen MR) is 97.9 cm³/mol. The van der Waals surface area contributed by atoms with Gasteiger partial charge >= 0.3 is 0 Å². The van der Waals surface area contributed by atoms with Crippen molar-refractivity contribution in [2.45, 2.75) is 50.2 Å². The lowest BCUT2D eigenvalue weighted by atomic mass is 9.79. The molecule has 3 nitrogen and oxygen atoms in total. The number of aromatic nitrogens is 1. The Morgan fingerprint density at radius 1 is 1.00 bits per heavy atom. The molecule has 0 radical (unpaired) electrons. The second-order valence-corrected chi connectivity index (χ2v) is 7.14. The molecule has 0 aliphatic carbocycles. The van der Waals surface area contributed by atoms with Crippen molar-refractivity contribution in [1.29, 1.82) is 0 Å². The lowest BCUT2D eigenvalue weighted by Crippen LogP contribution is -2.56. The first-order valence-corrected chi connectivity index (χ1v) is 9.34. The van der Waals surface area contributed by atoms with Crippen molar-refractivity contribution in [2.75, 3.05) is 13.1 Å². The zero-order valence-corrected chi connectivity index (χ0v) is 14.3. The van der Waals surface area contributed by atoms with Crippen LogP contribution in [0.5, 0.6) is 0 Å². The zero-order valence-electron chi connectivity index (χ0n) is 14.3. The van der Waals surface area contributed by atoms with Crippen molar-refractivity contribution in [2.24, 2.45) is 0 Å². The van der Waals surface area contributed by atoms with Gasteiger partial charge in [-0.1, -0.05) is 42.8 Å². The average Bonchev–Trinajstić information content (AvgIpc) is 2.90. The first-order valence-electron chi connectivity index (χ1n) is 9.34. The lowest BCUT2D eigenvalue weighted by Gasteiger charge is -2.45. The Hall–Kier alpha value is -1.71. The summed E-state index contributed by atoms with van der Waals surface area (Å²) in [4.78, 5) is 7.22. The summed E-state index contributed by atoms with van der Waals surface area (Å²) in [6.07, 6.45) is 7.06. The van der Waals surface area contributed by atoms with Gasteiger partial charge in [0.1, 0.15) is 0 Å². The van der Waals surface area contributed by atoms with E-state index in [0.717, 1.165) is 13.1 Å². The Kier molecular flexibility index (Phi) is 4.91. The maximum atomic E-state index is 4.55. The summed E-state index contributed by atoms with van der Waals surface area (Å²) >= 11 is 0. The maximum absolute atomic E-state index is 4.55.